The van der Waals surface area contributed by atoms with E-state index in [0.717, 1.165) is 5.92 Å². The number of hydrogen-bond acceptors (Lipinski definition) is 2. The fourth-order valence-electron chi connectivity index (χ4n) is 2.86. The van der Waals surface area contributed by atoms with E-state index in [-0.39, 0.29) is 0 Å². The molecule has 0 aliphatic carbocycles. The lowest BCUT2D eigenvalue weighted by molar-refractivity contribution is 0.131. The van der Waals surface area contributed by atoms with Gasteiger partial charge in [-0.25, -0.2) is 0 Å². The summed E-state index contributed by atoms with van der Waals surface area (Å²) >= 11 is 0. The van der Waals surface area contributed by atoms with Gasteiger partial charge in [0.1, 0.15) is 0 Å². The number of pyridine rings is 1. The fraction of sp³-hybridized carbons (Fsp3) is 0.667. The van der Waals surface area contributed by atoms with Gasteiger partial charge in [0.2, 0.25) is 0 Å². The molecule has 0 amide bonds. The van der Waals surface area contributed by atoms with Crippen molar-refractivity contribution in [3.05, 3.63) is 29.6 Å². The summed E-state index contributed by atoms with van der Waals surface area (Å²) in [6.45, 7) is 9.28. The van der Waals surface area contributed by atoms with Crippen molar-refractivity contribution in [2.45, 2.75) is 46.1 Å². The number of likely N-dealkylation sites (tertiary alicyclic amines) is 1. The monoisotopic (exact) mass is 232 g/mol. The van der Waals surface area contributed by atoms with E-state index < -0.39 is 0 Å². The summed E-state index contributed by atoms with van der Waals surface area (Å²) in [5.74, 6) is 0.743. The van der Waals surface area contributed by atoms with E-state index in [9.17, 15) is 0 Å². The van der Waals surface area contributed by atoms with E-state index in [1.54, 1.807) is 0 Å². The van der Waals surface area contributed by atoms with E-state index >= 15 is 0 Å². The third kappa shape index (κ3) is 3.06. The second-order valence-corrected chi connectivity index (χ2v) is 5.63. The van der Waals surface area contributed by atoms with Crippen molar-refractivity contribution in [1.29, 1.82) is 0 Å². The summed E-state index contributed by atoms with van der Waals surface area (Å²) in [6.07, 6.45) is 7.96. The average molecular weight is 232 g/mol. The van der Waals surface area contributed by atoms with Crippen LogP contribution in [0, 0.1) is 12.8 Å². The van der Waals surface area contributed by atoms with Crippen molar-refractivity contribution >= 4 is 0 Å². The lowest BCUT2D eigenvalue weighted by Gasteiger charge is -2.37. The maximum atomic E-state index is 4.31. The molecule has 2 heteroatoms. The minimum atomic E-state index is 0.597. The first-order valence-corrected chi connectivity index (χ1v) is 6.83. The second kappa shape index (κ2) is 5.63. The zero-order valence-electron chi connectivity index (χ0n) is 11.3. The van der Waals surface area contributed by atoms with Crippen molar-refractivity contribution in [2.75, 3.05) is 13.1 Å². The molecule has 0 aromatic carbocycles. The zero-order valence-corrected chi connectivity index (χ0v) is 11.3. The van der Waals surface area contributed by atoms with Crippen LogP contribution in [0.25, 0.3) is 0 Å². The molecule has 0 saturated carbocycles. The van der Waals surface area contributed by atoms with Crippen LogP contribution in [0.2, 0.25) is 0 Å². The Morgan fingerprint density at radius 3 is 2.94 bits per heavy atom. The predicted octanol–water partition coefficient (Wildman–Crippen LogP) is 3.57. The van der Waals surface area contributed by atoms with Crippen LogP contribution in [0.3, 0.4) is 0 Å². The number of rotatable bonds is 3. The number of piperidine rings is 1. The van der Waals surface area contributed by atoms with Crippen LogP contribution >= 0.6 is 0 Å². The van der Waals surface area contributed by atoms with Crippen LogP contribution in [0.15, 0.2) is 18.5 Å². The quantitative estimate of drug-likeness (QED) is 0.792. The van der Waals surface area contributed by atoms with Gasteiger partial charge in [0, 0.05) is 25.0 Å². The molecule has 0 spiro atoms. The Balaban J connectivity index is 2.19. The molecule has 2 heterocycles. The Morgan fingerprint density at radius 1 is 1.41 bits per heavy atom. The molecule has 17 heavy (non-hydrogen) atoms. The average Bonchev–Trinajstić information content (AvgIpc) is 2.30. The standard InChI is InChI=1S/C15H24N2/c1-12(2)11-17-9-5-4-6-15(17)14-10-16-8-7-13(14)3/h7-8,10,12,15H,4-6,9,11H2,1-3H3. The van der Waals surface area contributed by atoms with Crippen LogP contribution in [0.5, 0.6) is 0 Å². The summed E-state index contributed by atoms with van der Waals surface area (Å²) in [6, 6.07) is 2.73. The minimum absolute atomic E-state index is 0.597. The molecule has 1 atom stereocenters. The fourth-order valence-corrected chi connectivity index (χ4v) is 2.86. The summed E-state index contributed by atoms with van der Waals surface area (Å²) in [5, 5.41) is 0. The summed E-state index contributed by atoms with van der Waals surface area (Å²) in [4.78, 5) is 6.96. The van der Waals surface area contributed by atoms with Gasteiger partial charge in [0.15, 0.2) is 0 Å². The highest BCUT2D eigenvalue weighted by Crippen LogP contribution is 2.32. The highest BCUT2D eigenvalue weighted by atomic mass is 15.2. The third-order valence-corrected chi connectivity index (χ3v) is 3.65. The molecule has 1 saturated heterocycles. The van der Waals surface area contributed by atoms with Gasteiger partial charge in [0.05, 0.1) is 0 Å². The first-order chi connectivity index (χ1) is 8.18. The molecule has 1 aliphatic heterocycles. The highest BCUT2D eigenvalue weighted by molar-refractivity contribution is 5.25. The highest BCUT2D eigenvalue weighted by Gasteiger charge is 2.25. The molecular weight excluding hydrogens is 208 g/mol. The Kier molecular flexibility index (Phi) is 4.16. The van der Waals surface area contributed by atoms with Crippen LogP contribution in [-0.4, -0.2) is 23.0 Å². The van der Waals surface area contributed by atoms with Gasteiger partial charge >= 0.3 is 0 Å². The lowest BCUT2D eigenvalue weighted by atomic mass is 9.93. The van der Waals surface area contributed by atoms with Crippen molar-refractivity contribution in [3.63, 3.8) is 0 Å². The molecule has 94 valence electrons. The maximum Gasteiger partial charge on any atom is 0.0366 e. The first-order valence-electron chi connectivity index (χ1n) is 6.83. The van der Waals surface area contributed by atoms with Gasteiger partial charge in [-0.05, 0) is 49.4 Å². The van der Waals surface area contributed by atoms with Crippen molar-refractivity contribution in [1.82, 2.24) is 9.88 Å². The molecule has 0 bridgehead atoms. The molecular formula is C15H24N2. The Morgan fingerprint density at radius 2 is 2.24 bits per heavy atom. The van der Waals surface area contributed by atoms with Crippen LogP contribution in [-0.2, 0) is 0 Å². The summed E-state index contributed by atoms with van der Waals surface area (Å²) in [5.41, 5.74) is 2.83. The van der Waals surface area contributed by atoms with Gasteiger partial charge in [-0.2, -0.15) is 0 Å². The number of nitrogens with zero attached hydrogens (tertiary/aromatic N) is 2. The molecule has 0 radical (unpaired) electrons. The smallest absolute Gasteiger partial charge is 0.0366 e. The third-order valence-electron chi connectivity index (χ3n) is 3.65. The SMILES string of the molecule is Cc1ccncc1C1CCCCN1CC(C)C. The predicted molar refractivity (Wildman–Crippen MR) is 72.0 cm³/mol. The van der Waals surface area contributed by atoms with Crippen LogP contribution in [0.1, 0.15) is 50.3 Å². The Bertz CT molecular complexity index is 360. The molecule has 2 rings (SSSR count). The van der Waals surface area contributed by atoms with E-state index in [0.29, 0.717) is 6.04 Å². The Hall–Kier alpha value is -0.890. The first kappa shape index (κ1) is 12.6. The van der Waals surface area contributed by atoms with Gasteiger partial charge in [-0.1, -0.05) is 20.3 Å². The van der Waals surface area contributed by atoms with Crippen LogP contribution < -0.4 is 0 Å². The van der Waals surface area contributed by atoms with Gasteiger partial charge in [0.25, 0.3) is 0 Å². The van der Waals surface area contributed by atoms with E-state index in [2.05, 4.69) is 42.9 Å². The number of aryl methyl sites for hydroxylation is 1. The second-order valence-electron chi connectivity index (χ2n) is 5.63. The largest absolute Gasteiger partial charge is 0.296 e. The van der Waals surface area contributed by atoms with E-state index in [1.165, 1.54) is 43.5 Å². The Labute approximate surface area is 105 Å². The van der Waals surface area contributed by atoms with Crippen molar-refractivity contribution in [3.8, 4) is 0 Å². The number of aromatic nitrogens is 1. The molecule has 2 nitrogen and oxygen atoms in total. The molecule has 1 unspecified atom stereocenters. The molecule has 0 N–H and O–H groups in total. The molecule has 1 aliphatic rings. The minimum Gasteiger partial charge on any atom is -0.296 e. The van der Waals surface area contributed by atoms with E-state index in [4.69, 9.17) is 0 Å². The molecule has 1 aromatic heterocycles. The summed E-state index contributed by atoms with van der Waals surface area (Å²) in [7, 11) is 0. The molecule has 1 aromatic rings. The van der Waals surface area contributed by atoms with Gasteiger partial charge in [-0.3, -0.25) is 9.88 Å². The number of hydrogen-bond donors (Lipinski definition) is 0. The van der Waals surface area contributed by atoms with Crippen molar-refractivity contribution in [2.24, 2.45) is 5.92 Å². The van der Waals surface area contributed by atoms with Gasteiger partial charge < -0.3 is 0 Å². The van der Waals surface area contributed by atoms with Gasteiger partial charge in [-0.15, -0.1) is 0 Å². The summed E-state index contributed by atoms with van der Waals surface area (Å²) < 4.78 is 0. The normalized spacial score (nSPS) is 22.0. The molecule has 1 fully saturated rings. The topological polar surface area (TPSA) is 16.1 Å². The van der Waals surface area contributed by atoms with E-state index in [1.807, 2.05) is 6.20 Å². The van der Waals surface area contributed by atoms with Crippen LogP contribution in [0.4, 0.5) is 0 Å². The maximum absolute atomic E-state index is 4.31. The van der Waals surface area contributed by atoms with Crippen molar-refractivity contribution < 1.29 is 0 Å². The zero-order chi connectivity index (χ0) is 12.3. The lowest BCUT2D eigenvalue weighted by Crippen LogP contribution is -2.36.